The second kappa shape index (κ2) is 9.62. The Kier molecular flexibility index (Phi) is 7.20. The van der Waals surface area contributed by atoms with Gasteiger partial charge in [0.25, 0.3) is 11.8 Å². The SMILES string of the molecule is CCCCCNC(=O)c1ccc(C(=O)Nc2ccccc2CC)cc1. The first kappa shape index (κ1) is 18.7. The first-order valence-electron chi connectivity index (χ1n) is 8.93. The van der Waals surface area contributed by atoms with Crippen LogP contribution in [0.4, 0.5) is 5.69 Å². The maximum absolute atomic E-state index is 12.4. The maximum Gasteiger partial charge on any atom is 0.255 e. The van der Waals surface area contributed by atoms with Crippen molar-refractivity contribution in [2.45, 2.75) is 39.5 Å². The normalized spacial score (nSPS) is 10.3. The van der Waals surface area contributed by atoms with E-state index in [-0.39, 0.29) is 11.8 Å². The average Bonchev–Trinajstić information content (AvgIpc) is 2.65. The molecular formula is C21H26N2O2. The highest BCUT2D eigenvalue weighted by molar-refractivity contribution is 6.05. The standard InChI is InChI=1S/C21H26N2O2/c1-3-5-8-15-22-20(24)17-11-13-18(14-12-17)21(25)23-19-10-7-6-9-16(19)4-2/h6-7,9-14H,3-5,8,15H2,1-2H3,(H,22,24)(H,23,25). The third-order valence-electron chi connectivity index (χ3n) is 4.12. The lowest BCUT2D eigenvalue weighted by atomic mass is 10.1. The van der Waals surface area contributed by atoms with Crippen molar-refractivity contribution in [2.75, 3.05) is 11.9 Å². The molecule has 0 heterocycles. The number of amides is 2. The van der Waals surface area contributed by atoms with Gasteiger partial charge in [-0.3, -0.25) is 9.59 Å². The number of carbonyl (C=O) groups is 2. The quantitative estimate of drug-likeness (QED) is 0.700. The lowest BCUT2D eigenvalue weighted by Gasteiger charge is -2.10. The van der Waals surface area contributed by atoms with Crippen molar-refractivity contribution in [1.82, 2.24) is 5.32 Å². The van der Waals surface area contributed by atoms with E-state index in [1.807, 2.05) is 24.3 Å². The van der Waals surface area contributed by atoms with Crippen molar-refractivity contribution >= 4 is 17.5 Å². The Labute approximate surface area is 149 Å². The topological polar surface area (TPSA) is 58.2 Å². The first-order valence-corrected chi connectivity index (χ1v) is 8.93. The Balaban J connectivity index is 1.97. The molecule has 2 rings (SSSR count). The van der Waals surface area contributed by atoms with Gasteiger partial charge in [0.2, 0.25) is 0 Å². The van der Waals surface area contributed by atoms with Crippen LogP contribution in [0.25, 0.3) is 0 Å². The van der Waals surface area contributed by atoms with Gasteiger partial charge in [0, 0.05) is 23.4 Å². The molecule has 0 unspecified atom stereocenters. The Morgan fingerprint density at radius 1 is 0.840 bits per heavy atom. The molecule has 2 aromatic rings. The Morgan fingerprint density at radius 2 is 1.48 bits per heavy atom. The molecule has 0 aliphatic rings. The van der Waals surface area contributed by atoms with E-state index in [0.717, 1.165) is 36.9 Å². The largest absolute Gasteiger partial charge is 0.352 e. The van der Waals surface area contributed by atoms with Crippen molar-refractivity contribution in [3.05, 3.63) is 65.2 Å². The van der Waals surface area contributed by atoms with Crippen LogP contribution >= 0.6 is 0 Å². The van der Waals surface area contributed by atoms with Crippen LogP contribution in [0.2, 0.25) is 0 Å². The monoisotopic (exact) mass is 338 g/mol. The third-order valence-corrected chi connectivity index (χ3v) is 4.12. The van der Waals surface area contributed by atoms with Crippen molar-refractivity contribution in [3.8, 4) is 0 Å². The van der Waals surface area contributed by atoms with Gasteiger partial charge in [-0.25, -0.2) is 0 Å². The number of unbranched alkanes of at least 4 members (excludes halogenated alkanes) is 2. The average molecular weight is 338 g/mol. The second-order valence-electron chi connectivity index (χ2n) is 6.01. The van der Waals surface area contributed by atoms with Crippen LogP contribution in [-0.4, -0.2) is 18.4 Å². The molecule has 132 valence electrons. The van der Waals surface area contributed by atoms with Gasteiger partial charge in [-0.15, -0.1) is 0 Å². The lowest BCUT2D eigenvalue weighted by molar-refractivity contribution is 0.0951. The Bertz CT molecular complexity index is 708. The van der Waals surface area contributed by atoms with Gasteiger partial charge >= 0.3 is 0 Å². The number of anilines is 1. The van der Waals surface area contributed by atoms with Crippen LogP contribution in [0.15, 0.2) is 48.5 Å². The Hall–Kier alpha value is -2.62. The van der Waals surface area contributed by atoms with Crippen LogP contribution in [0.1, 0.15) is 59.4 Å². The highest BCUT2D eigenvalue weighted by Crippen LogP contribution is 2.17. The van der Waals surface area contributed by atoms with Gasteiger partial charge in [-0.2, -0.15) is 0 Å². The molecule has 0 spiro atoms. The summed E-state index contributed by atoms with van der Waals surface area (Å²) in [6, 6.07) is 14.5. The summed E-state index contributed by atoms with van der Waals surface area (Å²) < 4.78 is 0. The molecule has 0 aliphatic heterocycles. The molecule has 2 N–H and O–H groups in total. The van der Waals surface area contributed by atoms with Crippen molar-refractivity contribution in [1.29, 1.82) is 0 Å². The summed E-state index contributed by atoms with van der Waals surface area (Å²) >= 11 is 0. The molecule has 2 amide bonds. The van der Waals surface area contributed by atoms with Gasteiger partial charge in [0.15, 0.2) is 0 Å². The minimum atomic E-state index is -0.171. The molecule has 0 aliphatic carbocycles. The van der Waals surface area contributed by atoms with Crippen LogP contribution < -0.4 is 10.6 Å². The maximum atomic E-state index is 12.4. The van der Waals surface area contributed by atoms with Gasteiger partial charge < -0.3 is 10.6 Å². The number of nitrogens with one attached hydrogen (secondary N) is 2. The molecule has 25 heavy (non-hydrogen) atoms. The summed E-state index contributed by atoms with van der Waals surface area (Å²) in [5, 5.41) is 5.83. The number of carbonyl (C=O) groups excluding carboxylic acids is 2. The van der Waals surface area contributed by atoms with Gasteiger partial charge in [0.05, 0.1) is 0 Å². The predicted molar refractivity (Wildman–Crippen MR) is 102 cm³/mol. The van der Waals surface area contributed by atoms with Crippen molar-refractivity contribution < 1.29 is 9.59 Å². The minimum absolute atomic E-state index is 0.0978. The summed E-state index contributed by atoms with van der Waals surface area (Å²) in [5.74, 6) is -0.268. The Morgan fingerprint density at radius 3 is 2.12 bits per heavy atom. The van der Waals surface area contributed by atoms with Gasteiger partial charge in [-0.1, -0.05) is 44.9 Å². The van der Waals surface area contributed by atoms with E-state index in [0.29, 0.717) is 17.7 Å². The summed E-state index contributed by atoms with van der Waals surface area (Å²) in [4.78, 5) is 24.4. The van der Waals surface area contributed by atoms with E-state index in [2.05, 4.69) is 24.5 Å². The highest BCUT2D eigenvalue weighted by atomic mass is 16.2. The van der Waals surface area contributed by atoms with Crippen LogP contribution in [0.5, 0.6) is 0 Å². The van der Waals surface area contributed by atoms with E-state index in [9.17, 15) is 9.59 Å². The number of rotatable bonds is 8. The highest BCUT2D eigenvalue weighted by Gasteiger charge is 2.10. The molecule has 4 nitrogen and oxygen atoms in total. The number of aryl methyl sites for hydroxylation is 1. The van der Waals surface area contributed by atoms with E-state index in [1.54, 1.807) is 24.3 Å². The minimum Gasteiger partial charge on any atom is -0.352 e. The van der Waals surface area contributed by atoms with Crippen LogP contribution in [-0.2, 0) is 6.42 Å². The molecule has 0 saturated carbocycles. The van der Waals surface area contributed by atoms with E-state index in [4.69, 9.17) is 0 Å². The predicted octanol–water partition coefficient (Wildman–Crippen LogP) is 4.42. The second-order valence-corrected chi connectivity index (χ2v) is 6.01. The smallest absolute Gasteiger partial charge is 0.255 e. The zero-order valence-corrected chi connectivity index (χ0v) is 15.0. The number of hydrogen-bond acceptors (Lipinski definition) is 2. The number of hydrogen-bond donors (Lipinski definition) is 2. The molecule has 0 saturated heterocycles. The van der Waals surface area contributed by atoms with E-state index in [1.165, 1.54) is 0 Å². The van der Waals surface area contributed by atoms with Crippen LogP contribution in [0, 0.1) is 0 Å². The fraction of sp³-hybridized carbons (Fsp3) is 0.333. The van der Waals surface area contributed by atoms with Gasteiger partial charge in [-0.05, 0) is 48.7 Å². The molecule has 0 fully saturated rings. The summed E-state index contributed by atoms with van der Waals surface area (Å²) in [7, 11) is 0. The number of para-hydroxylation sites is 1. The third kappa shape index (κ3) is 5.45. The number of benzene rings is 2. The fourth-order valence-corrected chi connectivity index (χ4v) is 2.60. The molecule has 0 radical (unpaired) electrons. The fourth-order valence-electron chi connectivity index (χ4n) is 2.60. The summed E-state index contributed by atoms with van der Waals surface area (Å²) in [6.07, 6.45) is 4.08. The molecule has 4 heteroatoms. The molecule has 2 aromatic carbocycles. The molecule has 0 bridgehead atoms. The van der Waals surface area contributed by atoms with Gasteiger partial charge in [0.1, 0.15) is 0 Å². The zero-order valence-electron chi connectivity index (χ0n) is 15.0. The van der Waals surface area contributed by atoms with Crippen LogP contribution in [0.3, 0.4) is 0 Å². The summed E-state index contributed by atoms with van der Waals surface area (Å²) in [6.45, 7) is 4.87. The van der Waals surface area contributed by atoms with Crippen molar-refractivity contribution in [3.63, 3.8) is 0 Å². The van der Waals surface area contributed by atoms with E-state index >= 15 is 0 Å². The lowest BCUT2D eigenvalue weighted by Crippen LogP contribution is -2.24. The van der Waals surface area contributed by atoms with E-state index < -0.39 is 0 Å². The summed E-state index contributed by atoms with van der Waals surface area (Å²) in [5.41, 5.74) is 3.03. The molecule has 0 aromatic heterocycles. The zero-order chi connectivity index (χ0) is 18.1. The molecular weight excluding hydrogens is 312 g/mol. The van der Waals surface area contributed by atoms with Crippen molar-refractivity contribution in [2.24, 2.45) is 0 Å². The molecule has 0 atom stereocenters. The first-order chi connectivity index (χ1) is 12.2.